The number of nitrogens with zero attached hydrogens (tertiary/aromatic N) is 2. The summed E-state index contributed by atoms with van der Waals surface area (Å²) < 4.78 is 47.9. The van der Waals surface area contributed by atoms with E-state index in [2.05, 4.69) is 20.6 Å². The van der Waals surface area contributed by atoms with E-state index in [4.69, 9.17) is 9.47 Å². The van der Waals surface area contributed by atoms with Crippen LogP contribution in [0.4, 0.5) is 13.2 Å². The summed E-state index contributed by atoms with van der Waals surface area (Å²) in [7, 11) is 0. The van der Waals surface area contributed by atoms with Crippen LogP contribution in [0, 0.1) is 0 Å². The van der Waals surface area contributed by atoms with Crippen molar-refractivity contribution in [3.8, 4) is 5.88 Å². The number of nitrogens with one attached hydrogen (secondary N) is 2. The van der Waals surface area contributed by atoms with Gasteiger partial charge in [0, 0.05) is 38.6 Å². The second-order valence-electron chi connectivity index (χ2n) is 4.97. The molecule has 10 heteroatoms. The minimum Gasteiger partial charge on any atom is -0.476 e. The zero-order chi connectivity index (χ0) is 18.5. The molecule has 1 heterocycles. The smallest absolute Gasteiger partial charge is 0.417 e. The summed E-state index contributed by atoms with van der Waals surface area (Å²) in [5.41, 5.74) is -0.799. The Hall–Kier alpha value is -1.30. The van der Waals surface area contributed by atoms with Gasteiger partial charge in [0.1, 0.15) is 6.61 Å². The predicted octanol–water partition coefficient (Wildman–Crippen LogP) is 3.08. The van der Waals surface area contributed by atoms with Crippen LogP contribution in [0.25, 0.3) is 0 Å². The highest BCUT2D eigenvalue weighted by Gasteiger charge is 2.30. The first-order chi connectivity index (χ1) is 12.0. The number of guanidine groups is 1. The fourth-order valence-corrected chi connectivity index (χ4v) is 1.80. The number of hydrogen-bond acceptors (Lipinski definition) is 4. The molecule has 0 amide bonds. The molecule has 6 nitrogen and oxygen atoms in total. The lowest BCUT2D eigenvalue weighted by Gasteiger charge is -2.12. The van der Waals surface area contributed by atoms with Crippen molar-refractivity contribution in [2.24, 2.45) is 4.99 Å². The number of hydrogen-bond donors (Lipinski definition) is 2. The van der Waals surface area contributed by atoms with Crippen LogP contribution in [0.5, 0.6) is 5.88 Å². The van der Waals surface area contributed by atoms with Crippen LogP contribution in [0.15, 0.2) is 23.3 Å². The molecule has 1 aromatic heterocycles. The molecule has 1 aromatic rings. The third-order valence-corrected chi connectivity index (χ3v) is 2.97. The molecule has 0 spiro atoms. The first-order valence-electron chi connectivity index (χ1n) is 8.23. The average molecular weight is 490 g/mol. The van der Waals surface area contributed by atoms with Gasteiger partial charge in [0.05, 0.1) is 12.1 Å². The Balaban J connectivity index is 0.00000625. The molecule has 0 bridgehead atoms. The molecule has 0 aromatic carbocycles. The van der Waals surface area contributed by atoms with Gasteiger partial charge in [-0.3, -0.25) is 4.99 Å². The quantitative estimate of drug-likeness (QED) is 0.229. The van der Waals surface area contributed by atoms with Gasteiger partial charge in [0.25, 0.3) is 0 Å². The summed E-state index contributed by atoms with van der Waals surface area (Å²) in [4.78, 5) is 8.03. The minimum atomic E-state index is -4.40. The Bertz CT molecular complexity index is 513. The van der Waals surface area contributed by atoms with Gasteiger partial charge in [-0.05, 0) is 26.3 Å². The van der Waals surface area contributed by atoms with Crippen LogP contribution in [-0.4, -0.2) is 50.4 Å². The Morgan fingerprint density at radius 1 is 1.19 bits per heavy atom. The zero-order valence-electron chi connectivity index (χ0n) is 14.9. The summed E-state index contributed by atoms with van der Waals surface area (Å²) in [6.45, 7) is 7.32. The van der Waals surface area contributed by atoms with Gasteiger partial charge in [-0.15, -0.1) is 24.0 Å². The van der Waals surface area contributed by atoms with Crippen molar-refractivity contribution in [1.82, 2.24) is 15.6 Å². The maximum atomic E-state index is 12.4. The van der Waals surface area contributed by atoms with Gasteiger partial charge in [-0.25, -0.2) is 4.98 Å². The van der Waals surface area contributed by atoms with Gasteiger partial charge in [-0.2, -0.15) is 13.2 Å². The molecule has 1 rings (SSSR count). The number of pyridine rings is 1. The molecule has 0 aliphatic heterocycles. The molecular formula is C16H26F3IN4O2. The SMILES string of the molecule is CCNC(=NCCCOCC)NCCOc1ccc(C(F)(F)F)cn1.I. The van der Waals surface area contributed by atoms with E-state index >= 15 is 0 Å². The van der Waals surface area contributed by atoms with E-state index in [1.807, 2.05) is 13.8 Å². The second-order valence-corrected chi connectivity index (χ2v) is 4.97. The number of halogens is 4. The van der Waals surface area contributed by atoms with E-state index in [0.717, 1.165) is 25.2 Å². The summed E-state index contributed by atoms with van der Waals surface area (Å²) in [6, 6.07) is 2.15. The van der Waals surface area contributed by atoms with Crippen molar-refractivity contribution in [3.05, 3.63) is 23.9 Å². The van der Waals surface area contributed by atoms with Crippen LogP contribution in [0.3, 0.4) is 0 Å². The Morgan fingerprint density at radius 3 is 2.54 bits per heavy atom. The molecule has 26 heavy (non-hydrogen) atoms. The summed E-state index contributed by atoms with van der Waals surface area (Å²) in [6.07, 6.45) is -2.81. The molecule has 0 radical (unpaired) electrons. The number of ether oxygens (including phenoxy) is 2. The second kappa shape index (κ2) is 13.8. The standard InChI is InChI=1S/C16H25F3N4O2.HI/c1-3-20-15(21-8-5-10-24-4-2)22-9-11-25-14-7-6-13(12-23-14)16(17,18)19;/h6-7,12H,3-5,8-11H2,1-2H3,(H2,20,21,22);1H. The van der Waals surface area contributed by atoms with Crippen molar-refractivity contribution in [1.29, 1.82) is 0 Å². The van der Waals surface area contributed by atoms with Crippen molar-refractivity contribution < 1.29 is 22.6 Å². The maximum absolute atomic E-state index is 12.4. The summed E-state index contributed by atoms with van der Waals surface area (Å²) >= 11 is 0. The maximum Gasteiger partial charge on any atom is 0.417 e. The topological polar surface area (TPSA) is 67.8 Å². The lowest BCUT2D eigenvalue weighted by atomic mass is 10.3. The fourth-order valence-electron chi connectivity index (χ4n) is 1.80. The lowest BCUT2D eigenvalue weighted by Crippen LogP contribution is -2.39. The van der Waals surface area contributed by atoms with E-state index in [1.54, 1.807) is 0 Å². The average Bonchev–Trinajstić information content (AvgIpc) is 2.58. The van der Waals surface area contributed by atoms with Gasteiger partial charge in [-0.1, -0.05) is 0 Å². The van der Waals surface area contributed by atoms with Crippen LogP contribution in [-0.2, 0) is 10.9 Å². The Kier molecular flexibility index (Phi) is 13.2. The molecule has 0 saturated heterocycles. The fraction of sp³-hybridized carbons (Fsp3) is 0.625. The Labute approximate surface area is 169 Å². The van der Waals surface area contributed by atoms with Crippen LogP contribution >= 0.6 is 24.0 Å². The molecule has 0 unspecified atom stereocenters. The van der Waals surface area contributed by atoms with E-state index in [9.17, 15) is 13.2 Å². The first kappa shape index (κ1) is 24.7. The highest BCUT2D eigenvalue weighted by Crippen LogP contribution is 2.29. The van der Waals surface area contributed by atoms with Crippen molar-refractivity contribution in [2.75, 3.05) is 39.5 Å². The molecule has 2 N–H and O–H groups in total. The number of alkyl halides is 3. The molecular weight excluding hydrogens is 464 g/mol. The molecule has 0 aliphatic carbocycles. The molecule has 150 valence electrons. The number of rotatable bonds is 10. The molecule has 0 fully saturated rings. The predicted molar refractivity (Wildman–Crippen MR) is 105 cm³/mol. The number of aliphatic imine (C=N–C) groups is 1. The summed E-state index contributed by atoms with van der Waals surface area (Å²) in [5, 5.41) is 6.18. The molecule has 0 atom stereocenters. The van der Waals surface area contributed by atoms with Crippen LogP contribution < -0.4 is 15.4 Å². The monoisotopic (exact) mass is 490 g/mol. The zero-order valence-corrected chi connectivity index (χ0v) is 17.3. The molecule has 0 aliphatic rings. The number of aromatic nitrogens is 1. The van der Waals surface area contributed by atoms with E-state index < -0.39 is 11.7 Å². The van der Waals surface area contributed by atoms with Gasteiger partial charge >= 0.3 is 6.18 Å². The summed E-state index contributed by atoms with van der Waals surface area (Å²) in [5.74, 6) is 0.802. The van der Waals surface area contributed by atoms with E-state index in [1.165, 1.54) is 6.07 Å². The third kappa shape index (κ3) is 10.6. The van der Waals surface area contributed by atoms with E-state index in [-0.39, 0.29) is 36.5 Å². The minimum absolute atomic E-state index is 0. The normalized spacial score (nSPS) is 11.7. The van der Waals surface area contributed by atoms with Gasteiger partial charge in [0.2, 0.25) is 5.88 Å². The Morgan fingerprint density at radius 2 is 1.96 bits per heavy atom. The van der Waals surface area contributed by atoms with Gasteiger partial charge < -0.3 is 20.1 Å². The highest BCUT2D eigenvalue weighted by atomic mass is 127. The lowest BCUT2D eigenvalue weighted by molar-refractivity contribution is -0.137. The van der Waals surface area contributed by atoms with Crippen LogP contribution in [0.1, 0.15) is 25.8 Å². The third-order valence-electron chi connectivity index (χ3n) is 2.97. The highest BCUT2D eigenvalue weighted by molar-refractivity contribution is 14.0. The first-order valence-corrected chi connectivity index (χ1v) is 8.23. The van der Waals surface area contributed by atoms with Crippen LogP contribution in [0.2, 0.25) is 0 Å². The van der Waals surface area contributed by atoms with Crippen molar-refractivity contribution in [2.45, 2.75) is 26.4 Å². The van der Waals surface area contributed by atoms with Gasteiger partial charge in [0.15, 0.2) is 5.96 Å². The molecule has 0 saturated carbocycles. The van der Waals surface area contributed by atoms with Crippen molar-refractivity contribution >= 4 is 29.9 Å². The van der Waals surface area contributed by atoms with Crippen molar-refractivity contribution in [3.63, 3.8) is 0 Å². The van der Waals surface area contributed by atoms with E-state index in [0.29, 0.717) is 32.3 Å². The largest absolute Gasteiger partial charge is 0.476 e.